The van der Waals surface area contributed by atoms with Crippen LogP contribution in [0.1, 0.15) is 12.8 Å². The molecule has 1 aromatic heterocycles. The highest BCUT2D eigenvalue weighted by Crippen LogP contribution is 2.43. The summed E-state index contributed by atoms with van der Waals surface area (Å²) in [5, 5.41) is 4.16. The molecule has 0 unspecified atom stereocenters. The lowest BCUT2D eigenvalue weighted by Gasteiger charge is -2.14. The molecule has 0 atom stereocenters. The number of nitrogens with two attached hydrogens (primary N) is 1. The minimum atomic E-state index is 0.314. The molecule has 1 aromatic carbocycles. The molecule has 0 radical (unpaired) electrons. The van der Waals surface area contributed by atoms with Gasteiger partial charge in [-0.15, -0.1) is 0 Å². The first-order valence-electron chi connectivity index (χ1n) is 6.42. The molecule has 2 aromatic rings. The summed E-state index contributed by atoms with van der Waals surface area (Å²) in [6, 6.07) is 3.91. The Morgan fingerprint density at radius 3 is 2.70 bits per heavy atom. The number of benzene rings is 1. The Balaban J connectivity index is 2.04. The van der Waals surface area contributed by atoms with Gasteiger partial charge in [0.25, 0.3) is 0 Å². The summed E-state index contributed by atoms with van der Waals surface area (Å²) in [5.74, 6) is 2.07. The van der Waals surface area contributed by atoms with Crippen LogP contribution >= 0.6 is 15.9 Å². The number of ether oxygens (including phenoxy) is 2. The molecular formula is C14H16BrN3O2. The molecule has 106 valence electrons. The number of rotatable bonds is 4. The van der Waals surface area contributed by atoms with Gasteiger partial charge in [0, 0.05) is 12.6 Å². The second kappa shape index (κ2) is 5.01. The van der Waals surface area contributed by atoms with Crippen LogP contribution in [0.4, 0.5) is 5.82 Å². The van der Waals surface area contributed by atoms with Crippen LogP contribution in [0.15, 0.2) is 22.8 Å². The van der Waals surface area contributed by atoms with Crippen molar-refractivity contribution in [1.29, 1.82) is 0 Å². The predicted octanol–water partition coefficient (Wildman–Crippen LogP) is 2.98. The van der Waals surface area contributed by atoms with Gasteiger partial charge >= 0.3 is 0 Å². The van der Waals surface area contributed by atoms with Gasteiger partial charge in [-0.25, -0.2) is 0 Å². The molecule has 1 aliphatic carbocycles. The van der Waals surface area contributed by atoms with E-state index in [1.165, 1.54) is 0 Å². The van der Waals surface area contributed by atoms with E-state index in [4.69, 9.17) is 15.2 Å². The second-order valence-electron chi connectivity index (χ2n) is 4.87. The van der Waals surface area contributed by atoms with Gasteiger partial charge in [-0.3, -0.25) is 4.68 Å². The van der Waals surface area contributed by atoms with Crippen molar-refractivity contribution in [3.05, 3.63) is 22.8 Å². The van der Waals surface area contributed by atoms with Crippen molar-refractivity contribution in [2.24, 2.45) is 7.05 Å². The lowest BCUT2D eigenvalue weighted by Crippen LogP contribution is -2.01. The average Bonchev–Trinajstić information content (AvgIpc) is 3.19. The zero-order valence-electron chi connectivity index (χ0n) is 11.4. The number of nitrogens with zero attached hydrogens (tertiary/aromatic N) is 2. The molecule has 1 aliphatic rings. The van der Waals surface area contributed by atoms with Gasteiger partial charge in [0.1, 0.15) is 5.82 Å². The van der Waals surface area contributed by atoms with Crippen molar-refractivity contribution in [2.75, 3.05) is 12.8 Å². The zero-order chi connectivity index (χ0) is 14.3. The van der Waals surface area contributed by atoms with Crippen molar-refractivity contribution in [3.8, 4) is 22.6 Å². The van der Waals surface area contributed by atoms with Crippen molar-refractivity contribution in [2.45, 2.75) is 18.9 Å². The molecule has 0 saturated heterocycles. The number of methoxy groups -OCH3 is 1. The largest absolute Gasteiger partial charge is 0.493 e. The van der Waals surface area contributed by atoms with Crippen LogP contribution in [-0.2, 0) is 7.05 Å². The van der Waals surface area contributed by atoms with Crippen LogP contribution in [-0.4, -0.2) is 23.0 Å². The van der Waals surface area contributed by atoms with E-state index in [9.17, 15) is 0 Å². The van der Waals surface area contributed by atoms with Gasteiger partial charge in [-0.05, 0) is 46.5 Å². The summed E-state index contributed by atoms with van der Waals surface area (Å²) in [5.41, 5.74) is 7.84. The molecule has 0 amide bonds. The molecular weight excluding hydrogens is 322 g/mol. The fourth-order valence-corrected chi connectivity index (χ4v) is 2.55. The van der Waals surface area contributed by atoms with Crippen molar-refractivity contribution >= 4 is 21.7 Å². The van der Waals surface area contributed by atoms with Gasteiger partial charge in [0.2, 0.25) is 0 Å². The second-order valence-corrected chi connectivity index (χ2v) is 5.73. The first-order chi connectivity index (χ1) is 9.60. The van der Waals surface area contributed by atoms with E-state index in [1.54, 1.807) is 18.0 Å². The Morgan fingerprint density at radius 1 is 1.40 bits per heavy atom. The number of hydrogen-bond donors (Lipinski definition) is 1. The molecule has 5 nitrogen and oxygen atoms in total. The van der Waals surface area contributed by atoms with Crippen LogP contribution in [0.2, 0.25) is 0 Å². The maximum Gasteiger partial charge on any atom is 0.175 e. The molecule has 0 bridgehead atoms. The standard InChI is InChI=1S/C14H16BrN3O2/c1-18-14(16)10(7-17-18)8-5-11(15)13(12(6-8)19-2)20-9-3-4-9/h5-7,9H,3-4,16H2,1-2H3. The van der Waals surface area contributed by atoms with Crippen LogP contribution in [0.5, 0.6) is 11.5 Å². The summed E-state index contributed by atoms with van der Waals surface area (Å²) in [6.45, 7) is 0. The van der Waals surface area contributed by atoms with Gasteiger partial charge in [-0.2, -0.15) is 5.10 Å². The molecule has 6 heteroatoms. The summed E-state index contributed by atoms with van der Waals surface area (Å²) >= 11 is 3.55. The predicted molar refractivity (Wildman–Crippen MR) is 81.0 cm³/mol. The molecule has 3 rings (SSSR count). The fraction of sp³-hybridized carbons (Fsp3) is 0.357. The molecule has 1 heterocycles. The van der Waals surface area contributed by atoms with Gasteiger partial charge in [0.05, 0.1) is 23.9 Å². The third-order valence-corrected chi connectivity index (χ3v) is 3.92. The SMILES string of the molecule is COc1cc(-c2cnn(C)c2N)cc(Br)c1OC1CC1. The maximum atomic E-state index is 6.02. The highest BCUT2D eigenvalue weighted by Gasteiger charge is 2.26. The molecule has 0 aliphatic heterocycles. The van der Waals surface area contributed by atoms with Crippen molar-refractivity contribution < 1.29 is 9.47 Å². The van der Waals surface area contributed by atoms with E-state index in [-0.39, 0.29) is 0 Å². The van der Waals surface area contributed by atoms with E-state index >= 15 is 0 Å². The highest BCUT2D eigenvalue weighted by atomic mass is 79.9. The molecule has 20 heavy (non-hydrogen) atoms. The van der Waals surface area contributed by atoms with Crippen LogP contribution in [0.3, 0.4) is 0 Å². The van der Waals surface area contributed by atoms with Crippen molar-refractivity contribution in [1.82, 2.24) is 9.78 Å². The number of hydrogen-bond acceptors (Lipinski definition) is 4. The number of halogens is 1. The first-order valence-corrected chi connectivity index (χ1v) is 7.21. The highest BCUT2D eigenvalue weighted by molar-refractivity contribution is 9.10. The molecule has 2 N–H and O–H groups in total. The smallest absolute Gasteiger partial charge is 0.175 e. The monoisotopic (exact) mass is 337 g/mol. The Morgan fingerprint density at radius 2 is 2.15 bits per heavy atom. The van der Waals surface area contributed by atoms with E-state index in [1.807, 2.05) is 19.2 Å². The van der Waals surface area contributed by atoms with Crippen LogP contribution < -0.4 is 15.2 Å². The van der Waals surface area contributed by atoms with E-state index < -0.39 is 0 Å². The summed E-state index contributed by atoms with van der Waals surface area (Å²) in [6.07, 6.45) is 4.27. The minimum absolute atomic E-state index is 0.314. The van der Waals surface area contributed by atoms with Crippen molar-refractivity contribution in [3.63, 3.8) is 0 Å². The Kier molecular flexibility index (Phi) is 3.33. The quantitative estimate of drug-likeness (QED) is 0.931. The van der Waals surface area contributed by atoms with Gasteiger partial charge in [0.15, 0.2) is 11.5 Å². The normalized spacial score (nSPS) is 14.3. The third-order valence-electron chi connectivity index (χ3n) is 3.33. The molecule has 1 saturated carbocycles. The Bertz CT molecular complexity index is 650. The van der Waals surface area contributed by atoms with Gasteiger partial charge in [-0.1, -0.05) is 0 Å². The lowest BCUT2D eigenvalue weighted by molar-refractivity contribution is 0.280. The maximum absolute atomic E-state index is 6.02. The Hall–Kier alpha value is -1.69. The van der Waals surface area contributed by atoms with Crippen LogP contribution in [0, 0.1) is 0 Å². The summed E-state index contributed by atoms with van der Waals surface area (Å²) < 4.78 is 13.8. The number of nitrogen functional groups attached to an aromatic ring is 1. The van der Waals surface area contributed by atoms with Gasteiger partial charge < -0.3 is 15.2 Å². The zero-order valence-corrected chi connectivity index (χ0v) is 13.0. The van der Waals surface area contributed by atoms with E-state index in [0.717, 1.165) is 34.2 Å². The van der Waals surface area contributed by atoms with Crippen LogP contribution in [0.25, 0.3) is 11.1 Å². The minimum Gasteiger partial charge on any atom is -0.493 e. The fourth-order valence-electron chi connectivity index (χ4n) is 2.01. The third kappa shape index (κ3) is 2.35. The number of anilines is 1. The summed E-state index contributed by atoms with van der Waals surface area (Å²) in [7, 11) is 3.45. The first kappa shape index (κ1) is 13.3. The molecule has 1 fully saturated rings. The van der Waals surface area contributed by atoms with E-state index in [2.05, 4.69) is 21.0 Å². The summed E-state index contributed by atoms with van der Waals surface area (Å²) in [4.78, 5) is 0. The van der Waals surface area contributed by atoms with E-state index in [0.29, 0.717) is 17.7 Å². The number of aryl methyl sites for hydroxylation is 1. The molecule has 0 spiro atoms. The average molecular weight is 338 g/mol. The lowest BCUT2D eigenvalue weighted by atomic mass is 10.1. The Labute approximate surface area is 125 Å². The topological polar surface area (TPSA) is 62.3 Å². The number of aromatic nitrogens is 2.